The van der Waals surface area contributed by atoms with Crippen LogP contribution in [0.2, 0.25) is 32.7 Å². The Labute approximate surface area is 61.0 Å². The summed E-state index contributed by atoms with van der Waals surface area (Å²) in [5, 5.41) is 0. The molecule has 0 spiro atoms. The average molecular weight is 160 g/mol. The van der Waals surface area contributed by atoms with Crippen LogP contribution in [-0.4, -0.2) is 16.5 Å². The maximum atomic E-state index is 4.12. The smallest absolute Gasteiger partial charge is 0.322 e. The van der Waals surface area contributed by atoms with E-state index in [4.69, 9.17) is 0 Å². The van der Waals surface area contributed by atoms with Gasteiger partial charge in [-0.3, -0.25) is 0 Å². The summed E-state index contributed by atoms with van der Waals surface area (Å²) in [7, 11) is -2.27. The van der Waals surface area contributed by atoms with E-state index in [0.29, 0.717) is 0 Å². The molecule has 0 aromatic rings. The van der Waals surface area contributed by atoms with Gasteiger partial charge in [-0.25, -0.2) is 0 Å². The highest BCUT2D eigenvalue weighted by molar-refractivity contribution is 6.91. The molecule has 54 valence electrons. The lowest BCUT2D eigenvalue weighted by molar-refractivity contribution is 1.32. The minimum Gasteiger partial charge on any atom is -0.322 e. The summed E-state index contributed by atoms with van der Waals surface area (Å²) in [5.74, 6) is 0. The summed E-state index contributed by atoms with van der Waals surface area (Å²) in [6.07, 6.45) is 0. The van der Waals surface area contributed by atoms with Crippen molar-refractivity contribution in [2.24, 2.45) is 0 Å². The van der Waals surface area contributed by atoms with E-state index in [9.17, 15) is 0 Å². The van der Waals surface area contributed by atoms with Gasteiger partial charge in [0, 0.05) is 6.55 Å². The normalized spacial score (nSPS) is 13.9. The lowest BCUT2D eigenvalue weighted by Gasteiger charge is -2.22. The number of hydrogen-bond acceptors (Lipinski definition) is 1. The largest absolute Gasteiger partial charge is 0.329 e. The van der Waals surface area contributed by atoms with E-state index in [1.165, 1.54) is 0 Å². The van der Waals surface area contributed by atoms with Crippen LogP contribution in [0, 0.1) is 6.55 Å². The molecule has 0 bridgehead atoms. The molecule has 0 atom stereocenters. The molecule has 0 saturated heterocycles. The maximum absolute atomic E-state index is 4.12. The molecule has 0 fully saturated rings. The molecule has 0 unspecified atom stereocenters. The first-order valence-corrected chi connectivity index (χ1v) is 10.1. The highest BCUT2D eigenvalue weighted by Crippen LogP contribution is 2.01. The molecule has 0 amide bonds. The first-order chi connectivity index (χ1) is 3.71. The van der Waals surface area contributed by atoms with Crippen LogP contribution in [0.15, 0.2) is 0 Å². The SMILES string of the molecule is [CH2+][Si](C)(C)N[Si](C)(C)C. The van der Waals surface area contributed by atoms with E-state index in [2.05, 4.69) is 43.9 Å². The van der Waals surface area contributed by atoms with Crippen molar-refractivity contribution in [3.8, 4) is 0 Å². The van der Waals surface area contributed by atoms with Crippen LogP contribution in [0.5, 0.6) is 0 Å². The van der Waals surface area contributed by atoms with Crippen molar-refractivity contribution in [2.75, 3.05) is 0 Å². The van der Waals surface area contributed by atoms with Gasteiger partial charge in [0.1, 0.15) is 8.24 Å². The van der Waals surface area contributed by atoms with Gasteiger partial charge in [0.25, 0.3) is 0 Å². The maximum Gasteiger partial charge on any atom is 0.329 e. The number of rotatable bonds is 2. The second-order valence-electron chi connectivity index (χ2n) is 4.26. The molecule has 0 radical (unpaired) electrons. The van der Waals surface area contributed by atoms with Crippen molar-refractivity contribution in [1.29, 1.82) is 0 Å². The summed E-state index contributed by atoms with van der Waals surface area (Å²) in [4.78, 5) is 0. The van der Waals surface area contributed by atoms with Gasteiger partial charge >= 0.3 is 8.24 Å². The minimum absolute atomic E-state index is 1.04. The van der Waals surface area contributed by atoms with Crippen LogP contribution in [0.25, 0.3) is 0 Å². The molecule has 0 aromatic heterocycles. The second-order valence-corrected chi connectivity index (χ2v) is 13.5. The topological polar surface area (TPSA) is 12.0 Å². The van der Waals surface area contributed by atoms with Crippen LogP contribution in [0.3, 0.4) is 0 Å². The van der Waals surface area contributed by atoms with Crippen LogP contribution >= 0.6 is 0 Å². The van der Waals surface area contributed by atoms with Crippen molar-refractivity contribution >= 4 is 16.5 Å². The first-order valence-electron chi connectivity index (χ1n) is 3.35. The highest BCUT2D eigenvalue weighted by atomic mass is 28.4. The third kappa shape index (κ3) is 8.26. The van der Waals surface area contributed by atoms with Gasteiger partial charge < -0.3 is 4.65 Å². The zero-order chi connectivity index (χ0) is 7.71. The zero-order valence-corrected chi connectivity index (χ0v) is 9.21. The molecule has 0 saturated carbocycles. The van der Waals surface area contributed by atoms with E-state index < -0.39 is 16.5 Å². The van der Waals surface area contributed by atoms with Gasteiger partial charge in [-0.15, -0.1) is 0 Å². The van der Waals surface area contributed by atoms with Gasteiger partial charge in [0.2, 0.25) is 0 Å². The summed E-state index contributed by atoms with van der Waals surface area (Å²) < 4.78 is 3.62. The Morgan fingerprint density at radius 2 is 1.33 bits per heavy atom. The van der Waals surface area contributed by atoms with E-state index in [1.807, 2.05) is 0 Å². The third-order valence-electron chi connectivity index (χ3n) is 0.713. The molecular weight excluding hydrogens is 142 g/mol. The molecule has 0 aromatic carbocycles. The Morgan fingerprint density at radius 1 is 1.00 bits per heavy atom. The van der Waals surface area contributed by atoms with E-state index in [0.717, 1.165) is 0 Å². The summed E-state index contributed by atoms with van der Waals surface area (Å²) in [6.45, 7) is 15.5. The van der Waals surface area contributed by atoms with Crippen LogP contribution in [-0.2, 0) is 0 Å². The molecule has 0 aliphatic heterocycles. The summed E-state index contributed by atoms with van der Waals surface area (Å²) in [6, 6.07) is 0. The number of nitrogens with one attached hydrogen (secondary N) is 1. The van der Waals surface area contributed by atoms with Crippen molar-refractivity contribution in [3.05, 3.63) is 6.55 Å². The molecule has 0 aliphatic carbocycles. The fourth-order valence-electron chi connectivity index (χ4n) is 1.02. The fourth-order valence-corrected chi connectivity index (χ4v) is 9.14. The summed E-state index contributed by atoms with van der Waals surface area (Å²) >= 11 is 0. The molecule has 1 N–H and O–H groups in total. The van der Waals surface area contributed by atoms with Crippen molar-refractivity contribution in [3.63, 3.8) is 0 Å². The Kier molecular flexibility index (Phi) is 2.55. The van der Waals surface area contributed by atoms with E-state index in [1.54, 1.807) is 0 Å². The molecular formula is C6H18NSi2+. The molecule has 0 rings (SSSR count). The van der Waals surface area contributed by atoms with Crippen LogP contribution in [0.1, 0.15) is 0 Å². The summed E-state index contributed by atoms with van der Waals surface area (Å²) in [5.41, 5.74) is 0. The molecule has 9 heavy (non-hydrogen) atoms. The Bertz CT molecular complexity index is 76.2. The zero-order valence-electron chi connectivity index (χ0n) is 7.21. The standard InChI is InChI=1S/C6H18NSi2/c1-8(2,3)7-9(4,5)6/h7H,1H2,2-6H3/q+1. The average Bonchev–Trinajstić information content (AvgIpc) is 1.14. The molecule has 1 nitrogen and oxygen atoms in total. The fraction of sp³-hybridized carbons (Fsp3) is 0.833. The highest BCUT2D eigenvalue weighted by Gasteiger charge is 2.30. The predicted molar refractivity (Wildman–Crippen MR) is 49.3 cm³/mol. The van der Waals surface area contributed by atoms with E-state index >= 15 is 0 Å². The Hall–Kier alpha value is 0.264. The monoisotopic (exact) mass is 160 g/mol. The third-order valence-corrected chi connectivity index (χ3v) is 6.42. The van der Waals surface area contributed by atoms with Crippen LogP contribution in [0.4, 0.5) is 0 Å². The van der Waals surface area contributed by atoms with Crippen molar-refractivity contribution < 1.29 is 0 Å². The molecule has 0 aliphatic rings. The molecule has 3 heteroatoms. The Morgan fingerprint density at radius 3 is 1.33 bits per heavy atom. The van der Waals surface area contributed by atoms with Gasteiger partial charge in [0.15, 0.2) is 0 Å². The van der Waals surface area contributed by atoms with Gasteiger partial charge in [-0.05, 0) is 13.1 Å². The molecule has 0 heterocycles. The van der Waals surface area contributed by atoms with Crippen molar-refractivity contribution in [1.82, 2.24) is 4.65 Å². The van der Waals surface area contributed by atoms with E-state index in [-0.39, 0.29) is 0 Å². The lowest BCUT2D eigenvalue weighted by Crippen LogP contribution is -2.55. The second kappa shape index (κ2) is 2.48. The Balaban J connectivity index is 3.75. The predicted octanol–water partition coefficient (Wildman–Crippen LogP) is 1.99. The van der Waals surface area contributed by atoms with Gasteiger partial charge in [-0.1, -0.05) is 19.6 Å². The van der Waals surface area contributed by atoms with Gasteiger partial charge in [-0.2, -0.15) is 0 Å². The number of hydrogen-bond donors (Lipinski definition) is 1. The first kappa shape index (κ1) is 9.26. The minimum atomic E-state index is -1.23. The van der Waals surface area contributed by atoms with Crippen molar-refractivity contribution in [2.45, 2.75) is 32.7 Å². The quantitative estimate of drug-likeness (QED) is 0.481. The van der Waals surface area contributed by atoms with Crippen LogP contribution < -0.4 is 4.65 Å². The lowest BCUT2D eigenvalue weighted by atomic mass is 11.8. The van der Waals surface area contributed by atoms with Gasteiger partial charge in [0.05, 0.1) is 0 Å².